The number of hydrogen-bond acceptors (Lipinski definition) is 6. The number of aliphatic carboxylic acids is 1. The lowest BCUT2D eigenvalue weighted by atomic mass is 10.1. The molecule has 1 amide bonds. The Kier molecular flexibility index (Phi) is 12.9. The number of unbranched alkanes of at least 4 members (excludes halogenated alkanes) is 1. The summed E-state index contributed by atoms with van der Waals surface area (Å²) in [7, 11) is 0. The summed E-state index contributed by atoms with van der Waals surface area (Å²) in [4.78, 5) is 26.0. The summed E-state index contributed by atoms with van der Waals surface area (Å²) in [5.74, 6) is 0.226. The van der Waals surface area contributed by atoms with Gasteiger partial charge in [-0.15, -0.1) is 0 Å². The second-order valence-corrected chi connectivity index (χ2v) is 9.03. The minimum absolute atomic E-state index is 0.270. The van der Waals surface area contributed by atoms with E-state index in [9.17, 15) is 14.7 Å². The Hall–Kier alpha value is -3.10. The first-order valence-electron chi connectivity index (χ1n) is 12.9. The number of rotatable bonds is 16. The fourth-order valence-electron chi connectivity index (χ4n) is 3.93. The second kappa shape index (κ2) is 15.9. The molecule has 2 aromatic carbocycles. The van der Waals surface area contributed by atoms with Crippen LogP contribution < -0.4 is 9.47 Å². The van der Waals surface area contributed by atoms with Gasteiger partial charge in [-0.2, -0.15) is 0 Å². The number of hydrogen-bond donors (Lipinski definition) is 1. The lowest BCUT2D eigenvalue weighted by Crippen LogP contribution is -2.39. The fourth-order valence-corrected chi connectivity index (χ4v) is 3.93. The third kappa shape index (κ3) is 10.4. The van der Waals surface area contributed by atoms with Crippen molar-refractivity contribution in [2.24, 2.45) is 0 Å². The van der Waals surface area contributed by atoms with Crippen LogP contribution in [0.15, 0.2) is 36.4 Å². The van der Waals surface area contributed by atoms with Gasteiger partial charge < -0.3 is 29.0 Å². The molecule has 2 aromatic rings. The van der Waals surface area contributed by atoms with Gasteiger partial charge >= 0.3 is 12.1 Å². The first-order valence-corrected chi connectivity index (χ1v) is 12.9. The maximum Gasteiger partial charge on any atom is 0.415 e. The van der Waals surface area contributed by atoms with Crippen molar-refractivity contribution in [3.8, 4) is 11.5 Å². The quantitative estimate of drug-likeness (QED) is 0.302. The minimum atomic E-state index is -0.983. The van der Waals surface area contributed by atoms with Crippen molar-refractivity contribution in [2.45, 2.75) is 60.0 Å². The number of amides is 1. The number of nitrogens with zero attached hydrogens (tertiary/aromatic N) is 1. The average Bonchev–Trinajstić information content (AvgIpc) is 2.85. The van der Waals surface area contributed by atoms with Crippen molar-refractivity contribution in [1.82, 2.24) is 4.90 Å². The number of carbonyl (C=O) groups is 2. The number of aryl methyl sites for hydroxylation is 3. The molecule has 1 N–H and O–H groups in total. The summed E-state index contributed by atoms with van der Waals surface area (Å²) in [6.45, 7) is 12.1. The molecule has 0 aliphatic heterocycles. The maximum absolute atomic E-state index is 13.1. The van der Waals surface area contributed by atoms with E-state index in [0.29, 0.717) is 44.4 Å². The second-order valence-electron chi connectivity index (χ2n) is 9.03. The standard InChI is InChI=1S/C29H41NO7/c1-6-8-15-34-16-13-30(29(33)37-27-22(4)18-21(3)19-23(27)5)14-17-36-25-11-9-24(10-12-25)20-26(28(31)32)35-7-2/h9-12,18-19,26H,6-8,13-17,20H2,1-5H3,(H,31,32). The molecule has 8 nitrogen and oxygen atoms in total. The Morgan fingerprint density at radius 3 is 2.19 bits per heavy atom. The van der Waals surface area contributed by atoms with Gasteiger partial charge in [0.15, 0.2) is 6.10 Å². The molecule has 2 rings (SSSR count). The van der Waals surface area contributed by atoms with Crippen LogP contribution in [-0.2, 0) is 20.7 Å². The molecule has 0 fully saturated rings. The molecule has 0 aromatic heterocycles. The van der Waals surface area contributed by atoms with Crippen molar-refractivity contribution in [3.63, 3.8) is 0 Å². The zero-order valence-electron chi connectivity index (χ0n) is 22.7. The summed E-state index contributed by atoms with van der Waals surface area (Å²) in [5.41, 5.74) is 3.78. The topological polar surface area (TPSA) is 94.5 Å². The van der Waals surface area contributed by atoms with E-state index < -0.39 is 18.2 Å². The monoisotopic (exact) mass is 515 g/mol. The van der Waals surface area contributed by atoms with Crippen LogP contribution in [-0.4, -0.2) is 67.7 Å². The van der Waals surface area contributed by atoms with Gasteiger partial charge in [0.05, 0.1) is 13.2 Å². The van der Waals surface area contributed by atoms with Crippen LogP contribution in [0.5, 0.6) is 11.5 Å². The summed E-state index contributed by atoms with van der Waals surface area (Å²) in [5, 5.41) is 9.27. The fraction of sp³-hybridized carbons (Fsp3) is 0.517. The van der Waals surface area contributed by atoms with Crippen molar-refractivity contribution in [3.05, 3.63) is 58.7 Å². The molecule has 204 valence electrons. The molecule has 0 saturated heterocycles. The van der Waals surface area contributed by atoms with Crippen molar-refractivity contribution in [1.29, 1.82) is 0 Å². The Morgan fingerprint density at radius 1 is 0.946 bits per heavy atom. The van der Waals surface area contributed by atoms with Crippen LogP contribution in [0.1, 0.15) is 48.9 Å². The first kappa shape index (κ1) is 30.1. The normalized spacial score (nSPS) is 11.7. The molecular formula is C29H41NO7. The Balaban J connectivity index is 1.97. The summed E-state index contributed by atoms with van der Waals surface area (Å²) < 4.78 is 22.6. The van der Waals surface area contributed by atoms with Crippen LogP contribution >= 0.6 is 0 Å². The Labute approximate surface area is 220 Å². The summed E-state index contributed by atoms with van der Waals surface area (Å²) in [6.07, 6.45) is 0.982. The number of carboxylic acid groups (broad SMARTS) is 1. The predicted octanol–water partition coefficient (Wildman–Crippen LogP) is 5.34. The van der Waals surface area contributed by atoms with Crippen LogP contribution in [0, 0.1) is 20.8 Å². The number of ether oxygens (including phenoxy) is 4. The van der Waals surface area contributed by atoms with Crippen LogP contribution in [0.2, 0.25) is 0 Å². The van der Waals surface area contributed by atoms with Gasteiger partial charge in [0.25, 0.3) is 0 Å². The molecule has 1 unspecified atom stereocenters. The van der Waals surface area contributed by atoms with Crippen LogP contribution in [0.25, 0.3) is 0 Å². The third-order valence-electron chi connectivity index (χ3n) is 5.82. The largest absolute Gasteiger partial charge is 0.492 e. The summed E-state index contributed by atoms with van der Waals surface area (Å²) >= 11 is 0. The molecule has 8 heteroatoms. The number of carbonyl (C=O) groups excluding carboxylic acids is 1. The van der Waals surface area contributed by atoms with Crippen LogP contribution in [0.3, 0.4) is 0 Å². The van der Waals surface area contributed by atoms with E-state index in [1.165, 1.54) is 0 Å². The number of benzene rings is 2. The van der Waals surface area contributed by atoms with Gasteiger partial charge in [0.1, 0.15) is 18.1 Å². The highest BCUT2D eigenvalue weighted by Gasteiger charge is 2.19. The molecule has 37 heavy (non-hydrogen) atoms. The molecule has 0 radical (unpaired) electrons. The lowest BCUT2D eigenvalue weighted by molar-refractivity contribution is -0.149. The van der Waals surface area contributed by atoms with Gasteiger partial charge in [-0.25, -0.2) is 9.59 Å². The average molecular weight is 516 g/mol. The highest BCUT2D eigenvalue weighted by molar-refractivity contribution is 5.73. The third-order valence-corrected chi connectivity index (χ3v) is 5.82. The van der Waals surface area contributed by atoms with Gasteiger partial charge in [0, 0.05) is 26.2 Å². The van der Waals surface area contributed by atoms with E-state index in [1.807, 2.05) is 45.0 Å². The SMILES string of the molecule is CCCCOCCN(CCOc1ccc(CC(OCC)C(=O)O)cc1)C(=O)Oc1c(C)cc(C)cc1C. The molecule has 0 saturated carbocycles. The smallest absolute Gasteiger partial charge is 0.415 e. The summed E-state index contributed by atoms with van der Waals surface area (Å²) in [6, 6.07) is 11.2. The molecule has 0 heterocycles. The minimum Gasteiger partial charge on any atom is -0.492 e. The Morgan fingerprint density at radius 2 is 1.59 bits per heavy atom. The highest BCUT2D eigenvalue weighted by atomic mass is 16.6. The lowest BCUT2D eigenvalue weighted by Gasteiger charge is -2.23. The van der Waals surface area contributed by atoms with Gasteiger partial charge in [-0.05, 0) is 62.9 Å². The molecule has 1 atom stereocenters. The van der Waals surface area contributed by atoms with E-state index in [2.05, 4.69) is 6.92 Å². The highest BCUT2D eigenvalue weighted by Crippen LogP contribution is 2.25. The van der Waals surface area contributed by atoms with E-state index in [-0.39, 0.29) is 13.0 Å². The maximum atomic E-state index is 13.1. The zero-order valence-corrected chi connectivity index (χ0v) is 22.7. The molecule has 0 aliphatic carbocycles. The van der Waals surface area contributed by atoms with E-state index in [0.717, 1.165) is 35.1 Å². The zero-order chi connectivity index (χ0) is 27.2. The molecule has 0 bridgehead atoms. The van der Waals surface area contributed by atoms with Crippen LogP contribution in [0.4, 0.5) is 4.79 Å². The van der Waals surface area contributed by atoms with Crippen molar-refractivity contribution in [2.75, 3.05) is 39.5 Å². The van der Waals surface area contributed by atoms with Gasteiger partial charge in [-0.3, -0.25) is 0 Å². The van der Waals surface area contributed by atoms with E-state index >= 15 is 0 Å². The number of carboxylic acids is 1. The Bertz CT molecular complexity index is 967. The predicted molar refractivity (Wildman–Crippen MR) is 143 cm³/mol. The first-order chi connectivity index (χ1) is 17.7. The van der Waals surface area contributed by atoms with E-state index in [1.54, 1.807) is 24.0 Å². The van der Waals surface area contributed by atoms with Gasteiger partial charge in [0.2, 0.25) is 0 Å². The molecular weight excluding hydrogens is 474 g/mol. The van der Waals surface area contributed by atoms with E-state index in [4.69, 9.17) is 18.9 Å². The molecule has 0 aliphatic rings. The molecule has 0 spiro atoms. The van der Waals surface area contributed by atoms with Gasteiger partial charge in [-0.1, -0.05) is 43.2 Å². The van der Waals surface area contributed by atoms with Crippen molar-refractivity contribution >= 4 is 12.1 Å². The van der Waals surface area contributed by atoms with Crippen molar-refractivity contribution < 1.29 is 33.6 Å².